The Labute approximate surface area is 193 Å². The van der Waals surface area contributed by atoms with Crippen LogP contribution in [0.1, 0.15) is 62.1 Å². The quantitative estimate of drug-likeness (QED) is 0.677. The number of anilines is 3. The first-order valence-electron chi connectivity index (χ1n) is 11.9. The highest BCUT2D eigenvalue weighted by Gasteiger charge is 2.28. The molecule has 1 saturated heterocycles. The van der Waals surface area contributed by atoms with E-state index in [1.54, 1.807) is 11.3 Å². The lowest BCUT2D eigenvalue weighted by Crippen LogP contribution is -2.48. The molecule has 0 bridgehead atoms. The molecule has 1 aromatic carbocycles. The van der Waals surface area contributed by atoms with Crippen molar-refractivity contribution in [3.63, 3.8) is 0 Å². The fraction of sp³-hybridized carbons (Fsp3) is 0.583. The third-order valence-corrected chi connectivity index (χ3v) is 7.82. The topological polar surface area (TPSA) is 77.9 Å². The van der Waals surface area contributed by atoms with Crippen LogP contribution in [0.25, 0.3) is 0 Å². The number of rotatable bonds is 6. The largest absolute Gasteiger partial charge is 0.486 e. The highest BCUT2D eigenvalue weighted by Crippen LogP contribution is 2.42. The number of ether oxygens (including phenoxy) is 1. The van der Waals surface area contributed by atoms with Gasteiger partial charge in [-0.05, 0) is 50.7 Å². The second-order valence-corrected chi connectivity index (χ2v) is 9.99. The van der Waals surface area contributed by atoms with Crippen molar-refractivity contribution in [3.05, 3.63) is 28.8 Å². The second-order valence-electron chi connectivity index (χ2n) is 8.91. The highest BCUT2D eigenvalue weighted by molar-refractivity contribution is 7.15. The van der Waals surface area contributed by atoms with Gasteiger partial charge < -0.3 is 25.0 Å². The van der Waals surface area contributed by atoms with Crippen LogP contribution in [0.15, 0.2) is 18.2 Å². The molecule has 0 spiro atoms. The lowest BCUT2D eigenvalue weighted by molar-refractivity contribution is -0.131. The van der Waals surface area contributed by atoms with Gasteiger partial charge in [-0.15, -0.1) is 11.3 Å². The number of hydrogen-bond donors (Lipinski definition) is 2. The molecule has 5 rings (SSSR count). The zero-order chi connectivity index (χ0) is 22.1. The Balaban J connectivity index is 1.40. The number of thiazole rings is 1. The molecule has 3 aliphatic rings. The van der Waals surface area contributed by atoms with Crippen molar-refractivity contribution in [1.82, 2.24) is 9.88 Å². The minimum absolute atomic E-state index is 0.223. The van der Waals surface area contributed by atoms with Crippen LogP contribution in [-0.2, 0) is 11.2 Å². The van der Waals surface area contributed by atoms with Gasteiger partial charge in [0.1, 0.15) is 0 Å². The van der Waals surface area contributed by atoms with Gasteiger partial charge in [0.25, 0.3) is 0 Å². The Morgan fingerprint density at radius 2 is 2.03 bits per heavy atom. The number of aliphatic hydroxyl groups is 1. The number of amides is 1. The van der Waals surface area contributed by atoms with E-state index in [4.69, 9.17) is 9.72 Å². The van der Waals surface area contributed by atoms with Crippen LogP contribution >= 0.6 is 11.3 Å². The van der Waals surface area contributed by atoms with Crippen LogP contribution in [0.4, 0.5) is 16.5 Å². The van der Waals surface area contributed by atoms with E-state index in [2.05, 4.69) is 22.3 Å². The van der Waals surface area contributed by atoms with E-state index in [1.807, 2.05) is 17.9 Å². The molecule has 1 saturated carbocycles. The molecule has 1 aliphatic heterocycles. The molecular formula is C24H32N4O3S. The normalized spacial score (nSPS) is 21.1. The number of benzene rings is 1. The van der Waals surface area contributed by atoms with Crippen molar-refractivity contribution in [2.24, 2.45) is 0 Å². The number of hydrogen-bond acceptors (Lipinski definition) is 7. The van der Waals surface area contributed by atoms with Crippen molar-refractivity contribution in [3.8, 4) is 5.75 Å². The molecule has 32 heavy (non-hydrogen) atoms. The Bertz CT molecular complexity index is 966. The van der Waals surface area contributed by atoms with Crippen LogP contribution < -0.4 is 15.0 Å². The molecule has 0 radical (unpaired) electrons. The molecule has 1 atom stereocenters. The van der Waals surface area contributed by atoms with Crippen molar-refractivity contribution < 1.29 is 14.6 Å². The molecule has 2 fully saturated rings. The lowest BCUT2D eigenvalue weighted by atomic mass is 9.96. The van der Waals surface area contributed by atoms with Gasteiger partial charge in [-0.3, -0.25) is 4.79 Å². The molecule has 1 unspecified atom stereocenters. The van der Waals surface area contributed by atoms with Gasteiger partial charge in [0.15, 0.2) is 10.9 Å². The predicted molar refractivity (Wildman–Crippen MR) is 127 cm³/mol. The van der Waals surface area contributed by atoms with E-state index < -0.39 is 6.10 Å². The molecule has 172 valence electrons. The van der Waals surface area contributed by atoms with Gasteiger partial charge in [0.2, 0.25) is 5.91 Å². The summed E-state index contributed by atoms with van der Waals surface area (Å²) >= 11 is 1.63. The minimum Gasteiger partial charge on any atom is -0.486 e. The average molecular weight is 457 g/mol. The first-order valence-corrected chi connectivity index (χ1v) is 12.7. The van der Waals surface area contributed by atoms with E-state index >= 15 is 0 Å². The smallest absolute Gasteiger partial charge is 0.222 e. The number of carbonyl (C=O) groups is 1. The average Bonchev–Trinajstić information content (AvgIpc) is 3.20. The maximum atomic E-state index is 12.1. The first-order chi connectivity index (χ1) is 15.6. The Kier molecular flexibility index (Phi) is 6.24. The summed E-state index contributed by atoms with van der Waals surface area (Å²) in [6, 6.07) is 6.22. The summed E-state index contributed by atoms with van der Waals surface area (Å²) in [6.07, 6.45) is 6.52. The number of nitrogens with one attached hydrogen (secondary N) is 1. The van der Waals surface area contributed by atoms with Gasteiger partial charge in [-0.1, -0.05) is 13.0 Å². The summed E-state index contributed by atoms with van der Waals surface area (Å²) in [5, 5.41) is 14.6. The lowest BCUT2D eigenvalue weighted by Gasteiger charge is -2.38. The fourth-order valence-corrected chi connectivity index (χ4v) is 5.71. The van der Waals surface area contributed by atoms with E-state index in [9.17, 15) is 9.90 Å². The first kappa shape index (κ1) is 21.5. The molecule has 2 heterocycles. The third kappa shape index (κ3) is 4.30. The van der Waals surface area contributed by atoms with Crippen molar-refractivity contribution in [2.45, 2.75) is 64.1 Å². The van der Waals surface area contributed by atoms with Gasteiger partial charge in [0, 0.05) is 37.5 Å². The van der Waals surface area contributed by atoms with Crippen LogP contribution in [0.2, 0.25) is 0 Å². The van der Waals surface area contributed by atoms with Crippen molar-refractivity contribution in [1.29, 1.82) is 0 Å². The summed E-state index contributed by atoms with van der Waals surface area (Å²) in [5.74, 6) is 1.10. The third-order valence-electron chi connectivity index (χ3n) is 6.77. The predicted octanol–water partition coefficient (Wildman–Crippen LogP) is 4.25. The number of piperazine rings is 1. The maximum Gasteiger partial charge on any atom is 0.222 e. The number of aliphatic hydroxyl groups excluding tert-OH is 1. The standard InChI is InChI=1S/C24H32N4O3S/c1-2-21(30)28-14-12-27(13-15-28)18-9-4-8-17(23(18)31-16-6-3-7-16)25-24-26-22-19(29)10-5-11-20(22)32-24/h4,8-9,16,19,29H,2-3,5-7,10-15H2,1H3,(H,25,26). The summed E-state index contributed by atoms with van der Waals surface area (Å²) < 4.78 is 6.50. The number of carbonyl (C=O) groups excluding carboxylic acids is 1. The van der Waals surface area contributed by atoms with Gasteiger partial charge in [-0.25, -0.2) is 4.98 Å². The van der Waals surface area contributed by atoms with Crippen molar-refractivity contribution in [2.75, 3.05) is 36.4 Å². The second kappa shape index (κ2) is 9.27. The highest BCUT2D eigenvalue weighted by atomic mass is 32.1. The summed E-state index contributed by atoms with van der Waals surface area (Å²) in [6.45, 7) is 5.00. The Hall–Kier alpha value is -2.32. The van der Waals surface area contributed by atoms with Crippen LogP contribution in [0, 0.1) is 0 Å². The molecule has 2 N–H and O–H groups in total. The Morgan fingerprint density at radius 3 is 2.72 bits per heavy atom. The van der Waals surface area contributed by atoms with Gasteiger partial charge in [-0.2, -0.15) is 0 Å². The molecule has 2 aliphatic carbocycles. The molecule has 1 aromatic heterocycles. The molecule has 2 aromatic rings. The summed E-state index contributed by atoms with van der Waals surface area (Å²) in [5.41, 5.74) is 2.83. The zero-order valence-corrected chi connectivity index (χ0v) is 19.5. The monoisotopic (exact) mass is 456 g/mol. The van der Waals surface area contributed by atoms with Crippen LogP contribution in [0.5, 0.6) is 5.75 Å². The number of aryl methyl sites for hydroxylation is 1. The number of aromatic nitrogens is 1. The number of nitrogens with zero attached hydrogens (tertiary/aromatic N) is 3. The summed E-state index contributed by atoms with van der Waals surface area (Å²) in [7, 11) is 0. The summed E-state index contributed by atoms with van der Waals surface area (Å²) in [4.78, 5) is 22.3. The van der Waals surface area contributed by atoms with E-state index in [0.717, 1.165) is 86.2 Å². The molecule has 7 nitrogen and oxygen atoms in total. The number of fused-ring (bicyclic) bond motifs is 1. The molecular weight excluding hydrogens is 424 g/mol. The molecule has 1 amide bonds. The SMILES string of the molecule is CCC(=O)N1CCN(c2cccc(Nc3nc4c(s3)CCCC4O)c2OC2CCC2)CC1. The fourth-order valence-electron chi connectivity index (χ4n) is 4.64. The minimum atomic E-state index is -0.454. The van der Waals surface area contributed by atoms with E-state index in [0.29, 0.717) is 6.42 Å². The van der Waals surface area contributed by atoms with Gasteiger partial charge in [0.05, 0.1) is 29.3 Å². The Morgan fingerprint density at radius 1 is 1.22 bits per heavy atom. The van der Waals surface area contributed by atoms with Crippen LogP contribution in [-0.4, -0.2) is 53.2 Å². The zero-order valence-electron chi connectivity index (χ0n) is 18.7. The number of para-hydroxylation sites is 1. The van der Waals surface area contributed by atoms with Crippen LogP contribution in [0.3, 0.4) is 0 Å². The molecule has 8 heteroatoms. The van der Waals surface area contributed by atoms with Crippen molar-refractivity contribution >= 4 is 33.8 Å². The maximum absolute atomic E-state index is 12.1. The van der Waals surface area contributed by atoms with E-state index in [1.165, 1.54) is 11.3 Å². The van der Waals surface area contributed by atoms with Gasteiger partial charge >= 0.3 is 0 Å². The van der Waals surface area contributed by atoms with E-state index in [-0.39, 0.29) is 12.0 Å².